The van der Waals surface area contributed by atoms with E-state index in [0.717, 1.165) is 17.7 Å². The van der Waals surface area contributed by atoms with E-state index >= 15 is 0 Å². The number of benzene rings is 2. The van der Waals surface area contributed by atoms with Gasteiger partial charge < -0.3 is 5.32 Å². The van der Waals surface area contributed by atoms with Crippen LogP contribution in [0.4, 0.5) is 18.9 Å². The van der Waals surface area contributed by atoms with Crippen LogP contribution < -0.4 is 5.32 Å². The monoisotopic (exact) mass is 357 g/mol. The molecule has 0 atom stereocenters. The SMILES string of the molecule is Cc1ccc(C(=O)Nc2ccc(C(F)(F)F)cc2)c(Br)c1. The van der Waals surface area contributed by atoms with Gasteiger partial charge in [-0.2, -0.15) is 13.2 Å². The van der Waals surface area contributed by atoms with Gasteiger partial charge in [0.2, 0.25) is 0 Å². The number of alkyl halides is 3. The Morgan fingerprint density at radius 2 is 1.71 bits per heavy atom. The van der Waals surface area contributed by atoms with Crippen LogP contribution in [-0.4, -0.2) is 5.91 Å². The zero-order valence-corrected chi connectivity index (χ0v) is 12.5. The summed E-state index contributed by atoms with van der Waals surface area (Å²) in [7, 11) is 0. The van der Waals surface area contributed by atoms with Gasteiger partial charge in [-0.3, -0.25) is 4.79 Å². The van der Waals surface area contributed by atoms with Crippen molar-refractivity contribution in [2.24, 2.45) is 0 Å². The predicted molar refractivity (Wildman–Crippen MR) is 78.3 cm³/mol. The van der Waals surface area contributed by atoms with Gasteiger partial charge in [0.15, 0.2) is 0 Å². The molecule has 0 bridgehead atoms. The van der Waals surface area contributed by atoms with Crippen LogP contribution in [0.2, 0.25) is 0 Å². The first-order valence-electron chi connectivity index (χ1n) is 6.02. The van der Waals surface area contributed by atoms with Gasteiger partial charge in [-0.25, -0.2) is 0 Å². The summed E-state index contributed by atoms with van der Waals surface area (Å²) in [6.07, 6.45) is -4.39. The number of carbonyl (C=O) groups is 1. The van der Waals surface area contributed by atoms with Crippen molar-refractivity contribution < 1.29 is 18.0 Å². The van der Waals surface area contributed by atoms with Crippen molar-refractivity contribution in [2.75, 3.05) is 5.32 Å². The summed E-state index contributed by atoms with van der Waals surface area (Å²) in [4.78, 5) is 12.1. The number of aryl methyl sites for hydroxylation is 1. The summed E-state index contributed by atoms with van der Waals surface area (Å²) in [5, 5.41) is 2.56. The van der Waals surface area contributed by atoms with Crippen molar-refractivity contribution >= 4 is 27.5 Å². The molecule has 0 aliphatic rings. The summed E-state index contributed by atoms with van der Waals surface area (Å²) in [5.74, 6) is -0.387. The van der Waals surface area contributed by atoms with Gasteiger partial charge in [-0.05, 0) is 64.8 Å². The van der Waals surface area contributed by atoms with Crippen molar-refractivity contribution in [2.45, 2.75) is 13.1 Å². The molecule has 21 heavy (non-hydrogen) atoms. The highest BCUT2D eigenvalue weighted by Crippen LogP contribution is 2.30. The second-order valence-corrected chi connectivity index (χ2v) is 5.37. The lowest BCUT2D eigenvalue weighted by atomic mass is 10.1. The fourth-order valence-electron chi connectivity index (χ4n) is 1.75. The number of anilines is 1. The second kappa shape index (κ2) is 5.89. The molecular formula is C15H11BrF3NO. The summed E-state index contributed by atoms with van der Waals surface area (Å²) < 4.78 is 38.0. The molecule has 2 nitrogen and oxygen atoms in total. The molecule has 0 radical (unpaired) electrons. The van der Waals surface area contributed by atoms with Crippen LogP contribution in [0.25, 0.3) is 0 Å². The molecule has 110 valence electrons. The van der Waals surface area contributed by atoms with Crippen LogP contribution in [0.1, 0.15) is 21.5 Å². The lowest BCUT2D eigenvalue weighted by Gasteiger charge is -2.10. The number of nitrogens with one attached hydrogen (secondary N) is 1. The van der Waals surface area contributed by atoms with Crippen LogP contribution in [-0.2, 0) is 6.18 Å². The standard InChI is InChI=1S/C15H11BrF3NO/c1-9-2-7-12(13(16)8-9)14(21)20-11-5-3-10(4-6-11)15(17,18)19/h2-8H,1H3,(H,20,21). The Kier molecular flexibility index (Phi) is 4.37. The van der Waals surface area contributed by atoms with Crippen molar-refractivity contribution in [3.63, 3.8) is 0 Å². The van der Waals surface area contributed by atoms with Gasteiger partial charge in [-0.1, -0.05) is 6.07 Å². The van der Waals surface area contributed by atoms with Crippen LogP contribution in [0.3, 0.4) is 0 Å². The van der Waals surface area contributed by atoms with E-state index in [1.165, 1.54) is 12.1 Å². The Labute approximate surface area is 128 Å². The van der Waals surface area contributed by atoms with Gasteiger partial charge in [0.05, 0.1) is 11.1 Å². The summed E-state index contributed by atoms with van der Waals surface area (Å²) in [5.41, 5.74) is 0.964. The third-order valence-electron chi connectivity index (χ3n) is 2.84. The Morgan fingerprint density at radius 1 is 1.10 bits per heavy atom. The molecule has 2 aromatic carbocycles. The fourth-order valence-corrected chi connectivity index (χ4v) is 2.42. The van der Waals surface area contributed by atoms with Crippen LogP contribution in [0.5, 0.6) is 0 Å². The van der Waals surface area contributed by atoms with E-state index in [1.54, 1.807) is 18.2 Å². The Hall–Kier alpha value is -1.82. The van der Waals surface area contributed by atoms with Crippen LogP contribution in [0.15, 0.2) is 46.9 Å². The predicted octanol–water partition coefficient (Wildman–Crippen LogP) is 5.03. The molecule has 2 rings (SSSR count). The molecule has 1 amide bonds. The number of carbonyl (C=O) groups excluding carboxylic acids is 1. The number of amides is 1. The quantitative estimate of drug-likeness (QED) is 0.802. The number of hydrogen-bond donors (Lipinski definition) is 1. The highest BCUT2D eigenvalue weighted by molar-refractivity contribution is 9.10. The van der Waals surface area contributed by atoms with E-state index < -0.39 is 11.7 Å². The molecule has 0 spiro atoms. The minimum Gasteiger partial charge on any atom is -0.322 e. The van der Waals surface area contributed by atoms with Crippen molar-refractivity contribution in [3.8, 4) is 0 Å². The molecule has 0 aromatic heterocycles. The van der Waals surface area contributed by atoms with Gasteiger partial charge in [-0.15, -0.1) is 0 Å². The largest absolute Gasteiger partial charge is 0.416 e. The maximum atomic E-state index is 12.4. The molecule has 0 unspecified atom stereocenters. The van der Waals surface area contributed by atoms with Crippen molar-refractivity contribution in [1.82, 2.24) is 0 Å². The highest BCUT2D eigenvalue weighted by atomic mass is 79.9. The first-order chi connectivity index (χ1) is 9.77. The Bertz CT molecular complexity index is 666. The summed E-state index contributed by atoms with van der Waals surface area (Å²) in [6, 6.07) is 9.54. The third kappa shape index (κ3) is 3.85. The maximum Gasteiger partial charge on any atom is 0.416 e. The normalized spacial score (nSPS) is 11.3. The molecule has 6 heteroatoms. The van der Waals surface area contributed by atoms with Crippen LogP contribution >= 0.6 is 15.9 Å². The fraction of sp³-hybridized carbons (Fsp3) is 0.133. The molecule has 0 saturated heterocycles. The first-order valence-corrected chi connectivity index (χ1v) is 6.81. The molecule has 0 aliphatic heterocycles. The van der Waals surface area contributed by atoms with Crippen molar-refractivity contribution in [3.05, 3.63) is 63.6 Å². The number of halogens is 4. The molecule has 0 aliphatic carbocycles. The molecular weight excluding hydrogens is 347 g/mol. The first kappa shape index (κ1) is 15.6. The van der Waals surface area contributed by atoms with Gasteiger partial charge in [0.1, 0.15) is 0 Å². The minimum atomic E-state index is -4.39. The molecule has 2 aromatic rings. The zero-order chi connectivity index (χ0) is 15.6. The molecule has 1 N–H and O–H groups in total. The molecule has 0 fully saturated rings. The van der Waals surface area contributed by atoms with E-state index in [1.807, 2.05) is 6.92 Å². The lowest BCUT2D eigenvalue weighted by Crippen LogP contribution is -2.13. The Balaban J connectivity index is 2.16. The minimum absolute atomic E-state index is 0.306. The van der Waals surface area contributed by atoms with Gasteiger partial charge in [0, 0.05) is 10.2 Å². The molecule has 0 saturated carbocycles. The maximum absolute atomic E-state index is 12.4. The van der Waals surface area contributed by atoms with E-state index in [0.29, 0.717) is 15.7 Å². The van der Waals surface area contributed by atoms with E-state index in [9.17, 15) is 18.0 Å². The van der Waals surface area contributed by atoms with Crippen molar-refractivity contribution in [1.29, 1.82) is 0 Å². The van der Waals surface area contributed by atoms with Gasteiger partial charge in [0.25, 0.3) is 5.91 Å². The van der Waals surface area contributed by atoms with Crippen LogP contribution in [0, 0.1) is 6.92 Å². The summed E-state index contributed by atoms with van der Waals surface area (Å²) >= 11 is 3.29. The second-order valence-electron chi connectivity index (χ2n) is 4.51. The topological polar surface area (TPSA) is 29.1 Å². The third-order valence-corrected chi connectivity index (χ3v) is 3.50. The lowest BCUT2D eigenvalue weighted by molar-refractivity contribution is -0.137. The van der Waals surface area contributed by atoms with E-state index in [2.05, 4.69) is 21.2 Å². The van der Waals surface area contributed by atoms with Gasteiger partial charge >= 0.3 is 6.18 Å². The number of rotatable bonds is 2. The average molecular weight is 358 g/mol. The zero-order valence-electron chi connectivity index (χ0n) is 11.0. The molecule has 0 heterocycles. The average Bonchev–Trinajstić information content (AvgIpc) is 2.38. The number of hydrogen-bond acceptors (Lipinski definition) is 1. The van der Waals surface area contributed by atoms with E-state index in [-0.39, 0.29) is 5.91 Å². The highest BCUT2D eigenvalue weighted by Gasteiger charge is 2.30. The summed E-state index contributed by atoms with van der Waals surface area (Å²) in [6.45, 7) is 1.89. The van der Waals surface area contributed by atoms with E-state index in [4.69, 9.17) is 0 Å². The Morgan fingerprint density at radius 3 is 2.24 bits per heavy atom. The smallest absolute Gasteiger partial charge is 0.322 e.